The summed E-state index contributed by atoms with van der Waals surface area (Å²) >= 11 is 0. The van der Waals surface area contributed by atoms with Gasteiger partial charge in [-0.05, 0) is 73.5 Å². The van der Waals surface area contributed by atoms with E-state index in [0.29, 0.717) is 6.61 Å². The minimum Gasteiger partial charge on any atom is -0.396 e. The molecule has 0 amide bonds. The van der Waals surface area contributed by atoms with E-state index in [-0.39, 0.29) is 5.41 Å². The van der Waals surface area contributed by atoms with Crippen LogP contribution in [-0.4, -0.2) is 11.7 Å². The first-order valence-electron chi connectivity index (χ1n) is 6.79. The van der Waals surface area contributed by atoms with Crippen molar-refractivity contribution in [2.24, 2.45) is 17.3 Å². The van der Waals surface area contributed by atoms with Crippen LogP contribution < -0.4 is 0 Å². The van der Waals surface area contributed by atoms with Crippen molar-refractivity contribution in [3.8, 4) is 0 Å². The lowest BCUT2D eigenvalue weighted by molar-refractivity contribution is 0.117. The third-order valence-corrected chi connectivity index (χ3v) is 4.99. The summed E-state index contributed by atoms with van der Waals surface area (Å²) in [6.07, 6.45) is 5.01. The minimum absolute atomic E-state index is 0.199. The summed E-state index contributed by atoms with van der Waals surface area (Å²) in [5, 5.41) is 9.80. The molecule has 0 aromatic heterocycles. The fraction of sp³-hybridized carbons (Fsp3) is 0.625. The second-order valence-corrected chi connectivity index (χ2v) is 6.37. The minimum atomic E-state index is 0.199. The number of rotatable bonds is 3. The van der Waals surface area contributed by atoms with Crippen LogP contribution in [0.5, 0.6) is 0 Å². The molecule has 2 aliphatic carbocycles. The number of hydrogen-bond donors (Lipinski definition) is 1. The van der Waals surface area contributed by atoms with E-state index in [4.69, 9.17) is 0 Å². The average Bonchev–Trinajstić information content (AvgIpc) is 2.93. The Hall–Kier alpha value is -0.820. The molecule has 0 radical (unpaired) electrons. The molecule has 0 saturated heterocycles. The van der Waals surface area contributed by atoms with E-state index in [2.05, 4.69) is 32.0 Å². The van der Waals surface area contributed by atoms with Crippen LogP contribution in [0, 0.1) is 31.1 Å². The summed E-state index contributed by atoms with van der Waals surface area (Å²) in [5.74, 6) is 1.87. The fourth-order valence-electron chi connectivity index (χ4n) is 3.84. The maximum absolute atomic E-state index is 9.80. The molecule has 2 saturated carbocycles. The second kappa shape index (κ2) is 3.84. The van der Waals surface area contributed by atoms with Crippen LogP contribution in [-0.2, 0) is 6.42 Å². The van der Waals surface area contributed by atoms with E-state index in [1.165, 1.54) is 36.0 Å². The Morgan fingerprint density at radius 1 is 1.18 bits per heavy atom. The molecule has 2 aliphatic rings. The molecule has 1 N–H and O–H groups in total. The van der Waals surface area contributed by atoms with E-state index >= 15 is 0 Å². The maximum Gasteiger partial charge on any atom is 0.0490 e. The third-order valence-electron chi connectivity index (χ3n) is 4.99. The van der Waals surface area contributed by atoms with Gasteiger partial charge in [-0.25, -0.2) is 0 Å². The van der Waals surface area contributed by atoms with Crippen molar-refractivity contribution < 1.29 is 5.11 Å². The molecule has 3 rings (SSSR count). The van der Waals surface area contributed by atoms with Gasteiger partial charge in [-0.15, -0.1) is 0 Å². The van der Waals surface area contributed by atoms with Gasteiger partial charge in [0.2, 0.25) is 0 Å². The predicted octanol–water partition coefficient (Wildman–Crippen LogP) is 3.25. The van der Waals surface area contributed by atoms with Crippen LogP contribution >= 0.6 is 0 Å². The number of hydrogen-bond acceptors (Lipinski definition) is 1. The molecule has 1 nitrogen and oxygen atoms in total. The largest absolute Gasteiger partial charge is 0.396 e. The Morgan fingerprint density at radius 2 is 1.76 bits per heavy atom. The maximum atomic E-state index is 9.80. The first-order chi connectivity index (χ1) is 8.13. The Balaban J connectivity index is 1.86. The molecular formula is C16H22O. The van der Waals surface area contributed by atoms with Gasteiger partial charge < -0.3 is 5.11 Å². The van der Waals surface area contributed by atoms with Crippen LogP contribution in [0.25, 0.3) is 0 Å². The third kappa shape index (κ3) is 1.91. The van der Waals surface area contributed by atoms with E-state index in [0.717, 1.165) is 18.3 Å². The van der Waals surface area contributed by atoms with Crippen molar-refractivity contribution in [2.45, 2.75) is 39.5 Å². The van der Waals surface area contributed by atoms with Gasteiger partial charge in [0.05, 0.1) is 0 Å². The van der Waals surface area contributed by atoms with Crippen molar-refractivity contribution >= 4 is 0 Å². The highest BCUT2D eigenvalue weighted by atomic mass is 16.3. The van der Waals surface area contributed by atoms with Crippen molar-refractivity contribution in [2.75, 3.05) is 6.61 Å². The Labute approximate surface area is 104 Å². The van der Waals surface area contributed by atoms with Gasteiger partial charge in [-0.1, -0.05) is 18.2 Å². The zero-order chi connectivity index (χ0) is 12.0. The summed E-state index contributed by atoms with van der Waals surface area (Å²) in [6, 6.07) is 6.53. The molecule has 1 aromatic carbocycles. The normalized spacial score (nSPS) is 34.8. The molecule has 2 atom stereocenters. The zero-order valence-electron chi connectivity index (χ0n) is 10.9. The SMILES string of the molecule is Cc1cccc(C)c1CC1(CO)CC2CC2C1. The van der Waals surface area contributed by atoms with E-state index < -0.39 is 0 Å². The highest BCUT2D eigenvalue weighted by Crippen LogP contribution is 2.60. The fourth-order valence-corrected chi connectivity index (χ4v) is 3.84. The highest BCUT2D eigenvalue weighted by molar-refractivity contribution is 5.35. The average molecular weight is 230 g/mol. The van der Waals surface area contributed by atoms with Crippen molar-refractivity contribution in [1.82, 2.24) is 0 Å². The van der Waals surface area contributed by atoms with Gasteiger partial charge in [-0.2, -0.15) is 0 Å². The second-order valence-electron chi connectivity index (χ2n) is 6.37. The monoisotopic (exact) mass is 230 g/mol. The van der Waals surface area contributed by atoms with Gasteiger partial charge in [0.25, 0.3) is 0 Å². The number of fused-ring (bicyclic) bond motifs is 1. The lowest BCUT2D eigenvalue weighted by Gasteiger charge is -2.30. The number of aryl methyl sites for hydroxylation is 2. The predicted molar refractivity (Wildman–Crippen MR) is 70.0 cm³/mol. The Morgan fingerprint density at radius 3 is 2.29 bits per heavy atom. The van der Waals surface area contributed by atoms with Crippen LogP contribution in [0.2, 0.25) is 0 Å². The Kier molecular flexibility index (Phi) is 2.55. The van der Waals surface area contributed by atoms with Crippen LogP contribution in [0.4, 0.5) is 0 Å². The molecule has 0 bridgehead atoms. The number of aliphatic hydroxyl groups excluding tert-OH is 1. The molecule has 0 aliphatic heterocycles. The summed E-state index contributed by atoms with van der Waals surface area (Å²) in [7, 11) is 0. The summed E-state index contributed by atoms with van der Waals surface area (Å²) in [6.45, 7) is 4.76. The molecular weight excluding hydrogens is 208 g/mol. The van der Waals surface area contributed by atoms with Crippen LogP contribution in [0.15, 0.2) is 18.2 Å². The smallest absolute Gasteiger partial charge is 0.0490 e. The van der Waals surface area contributed by atoms with Gasteiger partial charge in [0.15, 0.2) is 0 Å². The summed E-state index contributed by atoms with van der Waals surface area (Å²) in [4.78, 5) is 0. The zero-order valence-corrected chi connectivity index (χ0v) is 10.9. The van der Waals surface area contributed by atoms with Crippen LogP contribution in [0.3, 0.4) is 0 Å². The quantitative estimate of drug-likeness (QED) is 0.845. The molecule has 1 aromatic rings. The van der Waals surface area contributed by atoms with Gasteiger partial charge in [0.1, 0.15) is 0 Å². The molecule has 1 heteroatoms. The summed E-state index contributed by atoms with van der Waals surface area (Å²) < 4.78 is 0. The van der Waals surface area contributed by atoms with E-state index in [9.17, 15) is 5.11 Å². The first-order valence-corrected chi connectivity index (χ1v) is 6.79. The summed E-state index contributed by atoms with van der Waals surface area (Å²) in [5.41, 5.74) is 4.45. The van der Waals surface area contributed by atoms with Crippen LogP contribution in [0.1, 0.15) is 36.0 Å². The van der Waals surface area contributed by atoms with Crippen molar-refractivity contribution in [3.05, 3.63) is 34.9 Å². The lowest BCUT2D eigenvalue weighted by Crippen LogP contribution is -2.27. The number of benzene rings is 1. The highest BCUT2D eigenvalue weighted by Gasteiger charge is 2.53. The number of aliphatic hydroxyl groups is 1. The van der Waals surface area contributed by atoms with Gasteiger partial charge in [0, 0.05) is 6.61 Å². The van der Waals surface area contributed by atoms with Gasteiger partial charge in [-0.3, -0.25) is 0 Å². The van der Waals surface area contributed by atoms with E-state index in [1.807, 2.05) is 0 Å². The molecule has 2 unspecified atom stereocenters. The standard InChI is InChI=1S/C16H22O/c1-11-4-3-5-12(2)15(11)9-16(10-17)7-13-6-14(13)8-16/h3-5,13-14,17H,6-10H2,1-2H3. The Bertz CT molecular complexity index is 405. The van der Waals surface area contributed by atoms with Crippen molar-refractivity contribution in [3.63, 3.8) is 0 Å². The molecule has 0 heterocycles. The topological polar surface area (TPSA) is 20.2 Å². The molecule has 17 heavy (non-hydrogen) atoms. The molecule has 92 valence electrons. The van der Waals surface area contributed by atoms with E-state index in [1.54, 1.807) is 0 Å². The van der Waals surface area contributed by atoms with Gasteiger partial charge >= 0.3 is 0 Å². The first kappa shape index (κ1) is 11.3. The lowest BCUT2D eigenvalue weighted by atomic mass is 9.76. The molecule has 0 spiro atoms. The molecule has 2 fully saturated rings. The van der Waals surface area contributed by atoms with Crippen molar-refractivity contribution in [1.29, 1.82) is 0 Å².